The van der Waals surface area contributed by atoms with Crippen LogP contribution in [-0.2, 0) is 32.6 Å². The van der Waals surface area contributed by atoms with Gasteiger partial charge in [-0.05, 0) is 81.6 Å². The van der Waals surface area contributed by atoms with Gasteiger partial charge in [-0.2, -0.15) is 0 Å². The molecule has 0 radical (unpaired) electrons. The summed E-state index contributed by atoms with van der Waals surface area (Å²) in [5, 5.41) is 3.07. The first-order chi connectivity index (χ1) is 22.5. The van der Waals surface area contributed by atoms with Crippen LogP contribution in [-0.4, -0.2) is 50.4 Å². The van der Waals surface area contributed by atoms with Crippen molar-refractivity contribution in [2.75, 3.05) is 17.5 Å². The van der Waals surface area contributed by atoms with Gasteiger partial charge in [-0.15, -0.1) is 0 Å². The summed E-state index contributed by atoms with van der Waals surface area (Å²) in [5.41, 5.74) is 3.99. The second-order valence-corrected chi connectivity index (χ2v) is 13.6. The molecule has 0 saturated carbocycles. The number of nitrogens with one attached hydrogen (secondary N) is 1. The number of nitrogens with zero attached hydrogens (tertiary/aromatic N) is 2. The summed E-state index contributed by atoms with van der Waals surface area (Å²) in [4.78, 5) is 30.1. The van der Waals surface area contributed by atoms with Crippen LogP contribution in [0.1, 0.15) is 49.4 Å². The van der Waals surface area contributed by atoms with Crippen LogP contribution in [0.4, 0.5) is 5.69 Å². The number of anilines is 1. The molecule has 1 N–H and O–H groups in total. The minimum Gasteiger partial charge on any atom is -0.494 e. The smallest absolute Gasteiger partial charge is 0.264 e. The Balaban J connectivity index is 1.80. The maximum Gasteiger partial charge on any atom is 0.264 e. The van der Waals surface area contributed by atoms with Crippen LogP contribution in [0, 0.1) is 13.8 Å². The van der Waals surface area contributed by atoms with E-state index >= 15 is 0 Å². The monoisotopic (exact) mass is 655 g/mol. The highest BCUT2D eigenvalue weighted by Crippen LogP contribution is 2.27. The molecule has 0 aliphatic rings. The number of carbonyl (C=O) groups excluding carboxylic acids is 2. The Morgan fingerprint density at radius 2 is 1.38 bits per heavy atom. The molecule has 4 rings (SSSR count). The predicted molar refractivity (Wildman–Crippen MR) is 187 cm³/mol. The molecular formula is C38H45N3O5S. The van der Waals surface area contributed by atoms with Gasteiger partial charge in [0.15, 0.2) is 0 Å². The third kappa shape index (κ3) is 9.45. The van der Waals surface area contributed by atoms with Crippen LogP contribution >= 0.6 is 0 Å². The number of hydrogen-bond donors (Lipinski definition) is 1. The summed E-state index contributed by atoms with van der Waals surface area (Å²) in [6.07, 6.45) is 0.977. The summed E-state index contributed by atoms with van der Waals surface area (Å²) >= 11 is 0. The first-order valence-corrected chi connectivity index (χ1v) is 17.5. The normalized spacial score (nSPS) is 12.5. The van der Waals surface area contributed by atoms with Crippen LogP contribution in [0.25, 0.3) is 0 Å². The molecule has 4 aromatic rings. The Kier molecular flexibility index (Phi) is 12.2. The average Bonchev–Trinajstić information content (AvgIpc) is 3.07. The Hall–Kier alpha value is -4.63. The molecule has 2 atom stereocenters. The first kappa shape index (κ1) is 35.2. The molecule has 0 spiro atoms. The Bertz CT molecular complexity index is 1710. The van der Waals surface area contributed by atoms with Crippen LogP contribution in [0.15, 0.2) is 108 Å². The second kappa shape index (κ2) is 16.3. The van der Waals surface area contributed by atoms with E-state index in [0.717, 1.165) is 33.0 Å². The van der Waals surface area contributed by atoms with Gasteiger partial charge in [-0.25, -0.2) is 8.42 Å². The third-order valence-electron chi connectivity index (χ3n) is 8.07. The molecule has 0 aliphatic heterocycles. The molecule has 2 amide bonds. The first-order valence-electron chi connectivity index (χ1n) is 16.0. The number of aryl methyl sites for hydroxylation is 2. The maximum atomic E-state index is 14.6. The zero-order valence-electron chi connectivity index (χ0n) is 27.8. The highest BCUT2D eigenvalue weighted by molar-refractivity contribution is 7.92. The van der Waals surface area contributed by atoms with E-state index in [4.69, 9.17) is 4.74 Å². The van der Waals surface area contributed by atoms with E-state index in [2.05, 4.69) is 5.32 Å². The Morgan fingerprint density at radius 1 is 0.787 bits per heavy atom. The van der Waals surface area contributed by atoms with E-state index in [1.54, 1.807) is 48.5 Å². The molecule has 4 aromatic carbocycles. The number of carbonyl (C=O) groups is 2. The van der Waals surface area contributed by atoms with E-state index < -0.39 is 28.5 Å². The number of amides is 2. The fraction of sp³-hybridized carbons (Fsp3) is 0.316. The van der Waals surface area contributed by atoms with Gasteiger partial charge in [-0.1, -0.05) is 84.8 Å². The topological polar surface area (TPSA) is 96.0 Å². The standard InChI is InChI=1S/C38H45N3O5S/c1-6-30(5)39-38(43)36(25-31-11-9-8-10-12-31)40(26-32-17-13-28(3)14-18-32)37(42)27-41(33-19-21-34(22-20-33)46-7-2)47(44,45)35-23-15-29(4)16-24-35/h8-24,30,36H,6-7,25-27H2,1-5H3,(H,39,43)/t30-,36-/m0/s1. The van der Waals surface area contributed by atoms with Crippen molar-refractivity contribution in [2.45, 2.75) is 71.0 Å². The van der Waals surface area contributed by atoms with Crippen LogP contribution in [0.5, 0.6) is 5.75 Å². The van der Waals surface area contributed by atoms with E-state index in [0.29, 0.717) is 18.0 Å². The molecular weight excluding hydrogens is 611 g/mol. The number of hydrogen-bond acceptors (Lipinski definition) is 5. The van der Waals surface area contributed by atoms with Gasteiger partial charge in [-0.3, -0.25) is 13.9 Å². The number of benzene rings is 4. The maximum absolute atomic E-state index is 14.6. The summed E-state index contributed by atoms with van der Waals surface area (Å²) in [5.74, 6) is -0.214. The van der Waals surface area contributed by atoms with Gasteiger partial charge in [0.1, 0.15) is 18.3 Å². The molecule has 0 fully saturated rings. The van der Waals surface area contributed by atoms with Gasteiger partial charge in [0.25, 0.3) is 10.0 Å². The Morgan fingerprint density at radius 3 is 1.96 bits per heavy atom. The molecule has 9 heteroatoms. The molecule has 248 valence electrons. The molecule has 0 saturated heterocycles. The highest BCUT2D eigenvalue weighted by Gasteiger charge is 2.35. The molecule has 0 heterocycles. The van der Waals surface area contributed by atoms with Crippen molar-refractivity contribution in [1.29, 1.82) is 0 Å². The van der Waals surface area contributed by atoms with Gasteiger partial charge in [0.2, 0.25) is 11.8 Å². The lowest BCUT2D eigenvalue weighted by atomic mass is 10.0. The lowest BCUT2D eigenvalue weighted by Crippen LogP contribution is -2.54. The van der Waals surface area contributed by atoms with Crippen molar-refractivity contribution < 1.29 is 22.7 Å². The minimum atomic E-state index is -4.19. The largest absolute Gasteiger partial charge is 0.494 e. The zero-order valence-corrected chi connectivity index (χ0v) is 28.7. The highest BCUT2D eigenvalue weighted by atomic mass is 32.2. The predicted octanol–water partition coefficient (Wildman–Crippen LogP) is 6.45. The van der Waals surface area contributed by atoms with Crippen molar-refractivity contribution in [3.8, 4) is 5.75 Å². The van der Waals surface area contributed by atoms with Crippen molar-refractivity contribution in [3.63, 3.8) is 0 Å². The minimum absolute atomic E-state index is 0.0604. The molecule has 0 aromatic heterocycles. The molecule has 8 nitrogen and oxygen atoms in total. The van der Waals surface area contributed by atoms with E-state index in [1.807, 2.05) is 89.2 Å². The SMILES string of the molecule is CCOc1ccc(N(CC(=O)N(Cc2ccc(C)cc2)[C@@H](Cc2ccccc2)C(=O)N[C@@H](C)CC)S(=O)(=O)c2ccc(C)cc2)cc1. The quantitative estimate of drug-likeness (QED) is 0.159. The van der Waals surface area contributed by atoms with Gasteiger partial charge < -0.3 is 15.0 Å². The number of ether oxygens (including phenoxy) is 1. The zero-order chi connectivity index (χ0) is 34.0. The lowest BCUT2D eigenvalue weighted by Gasteiger charge is -2.34. The van der Waals surface area contributed by atoms with Crippen LogP contribution in [0.2, 0.25) is 0 Å². The fourth-order valence-electron chi connectivity index (χ4n) is 5.13. The van der Waals surface area contributed by atoms with Crippen molar-refractivity contribution in [1.82, 2.24) is 10.2 Å². The van der Waals surface area contributed by atoms with E-state index in [-0.39, 0.29) is 29.8 Å². The van der Waals surface area contributed by atoms with E-state index in [9.17, 15) is 18.0 Å². The second-order valence-electron chi connectivity index (χ2n) is 11.8. The average molecular weight is 656 g/mol. The fourth-order valence-corrected chi connectivity index (χ4v) is 6.54. The molecule has 47 heavy (non-hydrogen) atoms. The molecule has 0 unspecified atom stereocenters. The summed E-state index contributed by atoms with van der Waals surface area (Å²) < 4.78 is 35.2. The lowest BCUT2D eigenvalue weighted by molar-refractivity contribution is -0.140. The summed E-state index contributed by atoms with van der Waals surface area (Å²) in [6, 6.07) is 29.5. The van der Waals surface area contributed by atoms with Gasteiger partial charge in [0.05, 0.1) is 17.2 Å². The molecule has 0 aliphatic carbocycles. The number of rotatable bonds is 15. The van der Waals surface area contributed by atoms with E-state index in [1.165, 1.54) is 4.90 Å². The van der Waals surface area contributed by atoms with Crippen molar-refractivity contribution in [3.05, 3.63) is 125 Å². The number of sulfonamides is 1. The third-order valence-corrected chi connectivity index (χ3v) is 9.86. The molecule has 0 bridgehead atoms. The van der Waals surface area contributed by atoms with Crippen LogP contribution < -0.4 is 14.4 Å². The van der Waals surface area contributed by atoms with Crippen LogP contribution in [0.3, 0.4) is 0 Å². The van der Waals surface area contributed by atoms with Crippen molar-refractivity contribution >= 4 is 27.5 Å². The van der Waals surface area contributed by atoms with Gasteiger partial charge >= 0.3 is 0 Å². The summed E-state index contributed by atoms with van der Waals surface area (Å²) in [6.45, 7) is 9.69. The van der Waals surface area contributed by atoms with Crippen molar-refractivity contribution in [2.24, 2.45) is 0 Å². The summed E-state index contributed by atoms with van der Waals surface area (Å²) in [7, 11) is -4.19. The van der Waals surface area contributed by atoms with Gasteiger partial charge in [0, 0.05) is 19.0 Å². The Labute approximate surface area is 279 Å².